The first-order valence-corrected chi connectivity index (χ1v) is 7.30. The highest BCUT2D eigenvalue weighted by Gasteiger charge is 2.20. The van der Waals surface area contributed by atoms with Crippen molar-refractivity contribution in [1.82, 2.24) is 0 Å². The molecule has 0 saturated carbocycles. The Kier molecular flexibility index (Phi) is 7.55. The molecule has 0 aliphatic carbocycles. The van der Waals surface area contributed by atoms with Crippen molar-refractivity contribution in [2.75, 3.05) is 19.8 Å². The highest BCUT2D eigenvalue weighted by atomic mass is 16.5. The molecule has 0 bridgehead atoms. The molecule has 0 unspecified atom stereocenters. The Hall–Kier alpha value is -1.71. The molecule has 0 amide bonds. The maximum absolute atomic E-state index is 12.2. The zero-order valence-corrected chi connectivity index (χ0v) is 12.6. The first kappa shape index (κ1) is 16.3. The molecule has 0 saturated heterocycles. The van der Waals surface area contributed by atoms with Crippen molar-refractivity contribution in [3.63, 3.8) is 0 Å². The molecule has 1 aromatic carbocycles. The molecule has 0 aliphatic heterocycles. The lowest BCUT2D eigenvalue weighted by molar-refractivity contribution is 0.0495. The van der Waals surface area contributed by atoms with Gasteiger partial charge in [0.25, 0.3) is 0 Å². The summed E-state index contributed by atoms with van der Waals surface area (Å²) in [4.78, 5) is 12.2. The number of carbonyl (C=O) groups excluding carboxylic acids is 1. The molecule has 1 rings (SSSR count). The first-order chi connectivity index (χ1) is 9.74. The minimum Gasteiger partial charge on any atom is -0.493 e. The number of rotatable bonds is 9. The van der Waals surface area contributed by atoms with E-state index in [-0.39, 0.29) is 5.97 Å². The largest absolute Gasteiger partial charge is 0.493 e. The summed E-state index contributed by atoms with van der Waals surface area (Å²) in [6, 6.07) is 5.38. The Morgan fingerprint density at radius 3 is 1.85 bits per heavy atom. The van der Waals surface area contributed by atoms with Gasteiger partial charge >= 0.3 is 5.97 Å². The molecular formula is C16H24O4. The summed E-state index contributed by atoms with van der Waals surface area (Å²) in [5, 5.41) is 0. The predicted molar refractivity (Wildman–Crippen MR) is 78.6 cm³/mol. The van der Waals surface area contributed by atoms with E-state index in [1.807, 2.05) is 26.8 Å². The fourth-order valence-corrected chi connectivity index (χ4v) is 1.64. The number of hydrogen-bond acceptors (Lipinski definition) is 4. The van der Waals surface area contributed by atoms with E-state index in [1.54, 1.807) is 12.1 Å². The molecule has 4 heteroatoms. The van der Waals surface area contributed by atoms with Gasteiger partial charge in [0.05, 0.1) is 19.8 Å². The van der Waals surface area contributed by atoms with E-state index in [9.17, 15) is 4.79 Å². The quantitative estimate of drug-likeness (QED) is 0.645. The van der Waals surface area contributed by atoms with Gasteiger partial charge in [-0.25, -0.2) is 4.79 Å². The molecule has 0 fully saturated rings. The van der Waals surface area contributed by atoms with Crippen molar-refractivity contribution in [1.29, 1.82) is 0 Å². The van der Waals surface area contributed by atoms with Crippen molar-refractivity contribution >= 4 is 5.97 Å². The fraction of sp³-hybridized carbons (Fsp3) is 0.562. The summed E-state index contributed by atoms with van der Waals surface area (Å²) >= 11 is 0. The summed E-state index contributed by atoms with van der Waals surface area (Å²) in [6.45, 7) is 7.52. The maximum atomic E-state index is 12.2. The van der Waals surface area contributed by atoms with Gasteiger partial charge in [-0.15, -0.1) is 0 Å². The monoisotopic (exact) mass is 280 g/mol. The van der Waals surface area contributed by atoms with E-state index in [0.717, 1.165) is 19.3 Å². The highest BCUT2D eigenvalue weighted by molar-refractivity contribution is 5.95. The van der Waals surface area contributed by atoms with E-state index < -0.39 is 0 Å². The van der Waals surface area contributed by atoms with Crippen LogP contribution in [0.25, 0.3) is 0 Å². The summed E-state index contributed by atoms with van der Waals surface area (Å²) in [6.07, 6.45) is 2.54. The van der Waals surface area contributed by atoms with Crippen LogP contribution in [0.4, 0.5) is 0 Å². The zero-order chi connectivity index (χ0) is 14.8. The normalized spacial score (nSPS) is 10.2. The van der Waals surface area contributed by atoms with Crippen molar-refractivity contribution in [2.45, 2.75) is 40.0 Å². The molecular weight excluding hydrogens is 256 g/mol. The third-order valence-corrected chi connectivity index (χ3v) is 2.55. The second-order valence-corrected chi connectivity index (χ2v) is 4.46. The number of carbonyl (C=O) groups is 1. The first-order valence-electron chi connectivity index (χ1n) is 7.30. The van der Waals surface area contributed by atoms with Crippen LogP contribution in [0.1, 0.15) is 50.4 Å². The van der Waals surface area contributed by atoms with Gasteiger partial charge in [0.2, 0.25) is 0 Å². The molecule has 0 heterocycles. The molecule has 20 heavy (non-hydrogen) atoms. The fourth-order valence-electron chi connectivity index (χ4n) is 1.64. The van der Waals surface area contributed by atoms with Crippen LogP contribution < -0.4 is 9.47 Å². The Bertz CT molecular complexity index is 389. The third-order valence-electron chi connectivity index (χ3n) is 2.55. The molecule has 0 N–H and O–H groups in total. The van der Waals surface area contributed by atoms with Crippen LogP contribution >= 0.6 is 0 Å². The number of esters is 1. The van der Waals surface area contributed by atoms with Gasteiger partial charge in [-0.3, -0.25) is 0 Å². The highest BCUT2D eigenvalue weighted by Crippen LogP contribution is 2.29. The summed E-state index contributed by atoms with van der Waals surface area (Å²) in [5.41, 5.74) is 0.392. The van der Waals surface area contributed by atoms with Gasteiger partial charge in [0.15, 0.2) is 0 Å². The van der Waals surface area contributed by atoms with Crippen molar-refractivity contribution in [3.8, 4) is 11.5 Å². The van der Waals surface area contributed by atoms with Crippen molar-refractivity contribution in [2.24, 2.45) is 0 Å². The zero-order valence-electron chi connectivity index (χ0n) is 12.6. The van der Waals surface area contributed by atoms with Gasteiger partial charge in [-0.1, -0.05) is 26.8 Å². The SMILES string of the molecule is CCCOC(=O)c1c(OCCC)cccc1OCCC. The van der Waals surface area contributed by atoms with Gasteiger partial charge in [0.1, 0.15) is 17.1 Å². The number of ether oxygens (including phenoxy) is 3. The Morgan fingerprint density at radius 2 is 1.40 bits per heavy atom. The number of hydrogen-bond donors (Lipinski definition) is 0. The van der Waals surface area contributed by atoms with Gasteiger partial charge < -0.3 is 14.2 Å². The average molecular weight is 280 g/mol. The van der Waals surface area contributed by atoms with Crippen LogP contribution in [0, 0.1) is 0 Å². The van der Waals surface area contributed by atoms with E-state index in [0.29, 0.717) is 36.9 Å². The predicted octanol–water partition coefficient (Wildman–Crippen LogP) is 3.83. The molecule has 0 atom stereocenters. The van der Waals surface area contributed by atoms with Gasteiger partial charge in [0, 0.05) is 0 Å². The van der Waals surface area contributed by atoms with E-state index in [1.165, 1.54) is 0 Å². The summed E-state index contributed by atoms with van der Waals surface area (Å²) in [7, 11) is 0. The third kappa shape index (κ3) is 4.76. The van der Waals surface area contributed by atoms with Crippen LogP contribution in [-0.2, 0) is 4.74 Å². The number of benzene rings is 1. The topological polar surface area (TPSA) is 44.8 Å². The van der Waals surface area contributed by atoms with Crippen LogP contribution in [0.5, 0.6) is 11.5 Å². The summed E-state index contributed by atoms with van der Waals surface area (Å²) in [5.74, 6) is 0.674. The molecule has 112 valence electrons. The second kappa shape index (κ2) is 9.23. The molecule has 0 spiro atoms. The Balaban J connectivity index is 3.00. The smallest absolute Gasteiger partial charge is 0.345 e. The molecule has 4 nitrogen and oxygen atoms in total. The maximum Gasteiger partial charge on any atom is 0.345 e. The lowest BCUT2D eigenvalue weighted by atomic mass is 10.1. The lowest BCUT2D eigenvalue weighted by Crippen LogP contribution is -2.12. The van der Waals surface area contributed by atoms with Gasteiger partial charge in [-0.2, -0.15) is 0 Å². The molecule has 0 radical (unpaired) electrons. The van der Waals surface area contributed by atoms with Crippen LogP contribution in [0.15, 0.2) is 18.2 Å². The summed E-state index contributed by atoms with van der Waals surface area (Å²) < 4.78 is 16.5. The van der Waals surface area contributed by atoms with Gasteiger partial charge in [-0.05, 0) is 31.4 Å². The Morgan fingerprint density at radius 1 is 0.900 bits per heavy atom. The Labute approximate surface area is 121 Å². The minimum atomic E-state index is -0.385. The van der Waals surface area contributed by atoms with Crippen LogP contribution in [0.2, 0.25) is 0 Å². The average Bonchev–Trinajstić information content (AvgIpc) is 2.48. The minimum absolute atomic E-state index is 0.385. The van der Waals surface area contributed by atoms with E-state index in [4.69, 9.17) is 14.2 Å². The van der Waals surface area contributed by atoms with Crippen molar-refractivity contribution in [3.05, 3.63) is 23.8 Å². The standard InChI is InChI=1S/C16H24O4/c1-4-10-18-13-8-7-9-14(19-11-5-2)15(13)16(17)20-12-6-3/h7-9H,4-6,10-12H2,1-3H3. The van der Waals surface area contributed by atoms with E-state index in [2.05, 4.69) is 0 Å². The van der Waals surface area contributed by atoms with Crippen LogP contribution in [0.3, 0.4) is 0 Å². The molecule has 0 aliphatic rings. The molecule has 0 aromatic heterocycles. The van der Waals surface area contributed by atoms with Crippen molar-refractivity contribution < 1.29 is 19.0 Å². The van der Waals surface area contributed by atoms with E-state index >= 15 is 0 Å². The second-order valence-electron chi connectivity index (χ2n) is 4.46. The lowest BCUT2D eigenvalue weighted by Gasteiger charge is -2.15. The molecule has 1 aromatic rings. The van der Waals surface area contributed by atoms with Crippen LogP contribution in [-0.4, -0.2) is 25.8 Å².